The lowest BCUT2D eigenvalue weighted by Crippen LogP contribution is -2.20. The van der Waals surface area contributed by atoms with Crippen LogP contribution in [0.3, 0.4) is 0 Å². The van der Waals surface area contributed by atoms with Gasteiger partial charge in [-0.3, -0.25) is 4.79 Å². The van der Waals surface area contributed by atoms with Gasteiger partial charge in [0.2, 0.25) is 0 Å². The van der Waals surface area contributed by atoms with Gasteiger partial charge in [0.25, 0.3) is 5.56 Å². The van der Waals surface area contributed by atoms with Crippen molar-refractivity contribution in [2.45, 2.75) is 6.18 Å². The molecule has 1 heterocycles. The summed E-state index contributed by atoms with van der Waals surface area (Å²) in [5, 5.41) is 0. The van der Waals surface area contributed by atoms with Crippen LogP contribution in [0.15, 0.2) is 17.2 Å². The number of allylic oxidation sites excluding steroid dienone is 1. The fraction of sp³-hybridized carbons (Fsp3) is 0.250. The van der Waals surface area contributed by atoms with Gasteiger partial charge in [-0.1, -0.05) is 12.2 Å². The number of alkyl halides is 4. The first-order valence-corrected chi connectivity index (χ1v) is 4.37. The quantitative estimate of drug-likeness (QED) is 0.802. The Bertz CT molecular complexity index is 425. The summed E-state index contributed by atoms with van der Waals surface area (Å²) in [5.41, 5.74) is -2.60. The van der Waals surface area contributed by atoms with E-state index in [1.807, 2.05) is 0 Å². The molecule has 82 valence electrons. The average Bonchev–Trinajstić information content (AvgIpc) is 2.14. The molecule has 0 bridgehead atoms. The number of aromatic amines is 1. The van der Waals surface area contributed by atoms with E-state index in [0.717, 1.165) is 6.08 Å². The minimum atomic E-state index is -4.65. The Morgan fingerprint density at radius 3 is 2.73 bits per heavy atom. The van der Waals surface area contributed by atoms with Crippen LogP contribution in [0.2, 0.25) is 0 Å². The van der Waals surface area contributed by atoms with Crippen LogP contribution in [-0.2, 0) is 6.18 Å². The highest BCUT2D eigenvalue weighted by molar-refractivity contribution is 6.19. The van der Waals surface area contributed by atoms with Crippen molar-refractivity contribution in [1.82, 2.24) is 9.97 Å². The van der Waals surface area contributed by atoms with Crippen LogP contribution in [0.4, 0.5) is 13.2 Å². The third-order valence-electron chi connectivity index (χ3n) is 1.53. The molecule has 0 saturated carbocycles. The van der Waals surface area contributed by atoms with E-state index in [0.29, 0.717) is 6.33 Å². The lowest BCUT2D eigenvalue weighted by molar-refractivity contribution is -0.141. The van der Waals surface area contributed by atoms with Gasteiger partial charge in [-0.15, -0.1) is 11.6 Å². The molecule has 0 aliphatic heterocycles. The topological polar surface area (TPSA) is 45.8 Å². The van der Waals surface area contributed by atoms with Gasteiger partial charge in [0.1, 0.15) is 0 Å². The van der Waals surface area contributed by atoms with Crippen LogP contribution >= 0.6 is 11.6 Å². The molecule has 0 saturated heterocycles. The number of hydrogen-bond acceptors (Lipinski definition) is 2. The molecule has 0 amide bonds. The number of halogens is 4. The summed E-state index contributed by atoms with van der Waals surface area (Å²) in [6.45, 7) is 0. The summed E-state index contributed by atoms with van der Waals surface area (Å²) < 4.78 is 37.1. The van der Waals surface area contributed by atoms with Crippen LogP contribution in [0.25, 0.3) is 6.08 Å². The first kappa shape index (κ1) is 11.8. The van der Waals surface area contributed by atoms with E-state index < -0.39 is 23.0 Å². The highest BCUT2D eigenvalue weighted by Gasteiger charge is 2.35. The molecule has 0 spiro atoms. The van der Waals surface area contributed by atoms with Gasteiger partial charge in [-0.05, 0) is 0 Å². The molecule has 1 aromatic rings. The smallest absolute Gasteiger partial charge is 0.313 e. The fourth-order valence-corrected chi connectivity index (χ4v) is 1.04. The first-order valence-electron chi connectivity index (χ1n) is 3.84. The molecule has 0 aromatic carbocycles. The highest BCUT2D eigenvalue weighted by Crippen LogP contribution is 2.28. The van der Waals surface area contributed by atoms with Crippen molar-refractivity contribution in [3.05, 3.63) is 34.0 Å². The number of rotatable bonds is 2. The molecule has 1 aromatic heterocycles. The van der Waals surface area contributed by atoms with E-state index in [2.05, 4.69) is 9.97 Å². The zero-order chi connectivity index (χ0) is 11.5. The maximum absolute atomic E-state index is 12.4. The number of hydrogen-bond donors (Lipinski definition) is 1. The van der Waals surface area contributed by atoms with Gasteiger partial charge in [0, 0.05) is 5.88 Å². The predicted octanol–water partition coefficient (Wildman–Crippen LogP) is 2.04. The average molecular weight is 239 g/mol. The summed E-state index contributed by atoms with van der Waals surface area (Å²) in [5.74, 6) is 0.0195. The molecule has 0 fully saturated rings. The Morgan fingerprint density at radius 1 is 1.53 bits per heavy atom. The molecule has 7 heteroatoms. The standard InChI is InChI=1S/C8H6ClF3N2O/c9-3-1-2-5-6(8(10,11)12)13-4-14-7(5)15/h1-2,4H,3H2,(H,13,14,15). The molecule has 0 aliphatic rings. The van der Waals surface area contributed by atoms with Gasteiger partial charge in [-0.25, -0.2) is 4.98 Å². The summed E-state index contributed by atoms with van der Waals surface area (Å²) in [7, 11) is 0. The van der Waals surface area contributed by atoms with Crippen LogP contribution in [0.1, 0.15) is 11.3 Å². The number of H-pyrrole nitrogens is 1. The normalized spacial score (nSPS) is 12.3. The minimum Gasteiger partial charge on any atom is -0.313 e. The van der Waals surface area contributed by atoms with Gasteiger partial charge in [0.05, 0.1) is 11.9 Å². The zero-order valence-electron chi connectivity index (χ0n) is 7.31. The molecule has 1 rings (SSSR count). The maximum atomic E-state index is 12.4. The molecule has 0 unspecified atom stereocenters. The second-order valence-electron chi connectivity index (χ2n) is 2.55. The molecular formula is C8H6ClF3N2O. The minimum absolute atomic E-state index is 0.0195. The summed E-state index contributed by atoms with van der Waals surface area (Å²) in [4.78, 5) is 16.3. The van der Waals surface area contributed by atoms with Gasteiger partial charge in [0.15, 0.2) is 5.69 Å². The molecule has 0 radical (unpaired) electrons. The predicted molar refractivity (Wildman–Crippen MR) is 49.6 cm³/mol. The Morgan fingerprint density at radius 2 is 2.20 bits per heavy atom. The van der Waals surface area contributed by atoms with Crippen molar-refractivity contribution in [3.8, 4) is 0 Å². The third-order valence-corrected chi connectivity index (χ3v) is 1.71. The fourth-order valence-electron chi connectivity index (χ4n) is 0.953. The van der Waals surface area contributed by atoms with E-state index in [-0.39, 0.29) is 5.88 Å². The highest BCUT2D eigenvalue weighted by atomic mass is 35.5. The monoisotopic (exact) mass is 238 g/mol. The van der Waals surface area contributed by atoms with E-state index in [1.54, 1.807) is 0 Å². The largest absolute Gasteiger partial charge is 0.434 e. The van der Waals surface area contributed by atoms with E-state index in [9.17, 15) is 18.0 Å². The van der Waals surface area contributed by atoms with Gasteiger partial charge >= 0.3 is 6.18 Å². The molecule has 15 heavy (non-hydrogen) atoms. The van der Waals surface area contributed by atoms with Gasteiger partial charge < -0.3 is 4.98 Å². The lowest BCUT2D eigenvalue weighted by Gasteiger charge is -2.07. The Balaban J connectivity index is 3.34. The molecule has 0 atom stereocenters. The Hall–Kier alpha value is -1.30. The molecular weight excluding hydrogens is 233 g/mol. The SMILES string of the molecule is O=c1[nH]cnc(C(F)(F)F)c1C=CCCl. The van der Waals surface area contributed by atoms with Crippen molar-refractivity contribution >= 4 is 17.7 Å². The van der Waals surface area contributed by atoms with Crippen LogP contribution in [-0.4, -0.2) is 15.8 Å². The second kappa shape index (κ2) is 4.48. The molecule has 3 nitrogen and oxygen atoms in total. The van der Waals surface area contributed by atoms with Crippen LogP contribution in [0.5, 0.6) is 0 Å². The number of aromatic nitrogens is 2. The summed E-state index contributed by atoms with van der Waals surface area (Å²) in [6, 6.07) is 0. The molecule has 0 aliphatic carbocycles. The van der Waals surface area contributed by atoms with Crippen molar-refractivity contribution in [2.75, 3.05) is 5.88 Å². The van der Waals surface area contributed by atoms with E-state index in [4.69, 9.17) is 11.6 Å². The zero-order valence-corrected chi connectivity index (χ0v) is 8.06. The van der Waals surface area contributed by atoms with Crippen molar-refractivity contribution in [2.24, 2.45) is 0 Å². The second-order valence-corrected chi connectivity index (χ2v) is 2.86. The van der Waals surface area contributed by atoms with E-state index >= 15 is 0 Å². The van der Waals surface area contributed by atoms with Crippen LogP contribution < -0.4 is 5.56 Å². The van der Waals surface area contributed by atoms with Crippen molar-refractivity contribution in [1.29, 1.82) is 0 Å². The lowest BCUT2D eigenvalue weighted by atomic mass is 10.2. The summed E-state index contributed by atoms with van der Waals surface area (Å²) in [6.07, 6.45) is -1.70. The van der Waals surface area contributed by atoms with E-state index in [1.165, 1.54) is 6.08 Å². The number of nitrogens with one attached hydrogen (secondary N) is 1. The van der Waals surface area contributed by atoms with Gasteiger partial charge in [-0.2, -0.15) is 13.2 Å². The number of nitrogens with zero attached hydrogens (tertiary/aromatic N) is 1. The van der Waals surface area contributed by atoms with Crippen molar-refractivity contribution < 1.29 is 13.2 Å². The van der Waals surface area contributed by atoms with Crippen LogP contribution in [0, 0.1) is 0 Å². The molecule has 1 N–H and O–H groups in total. The Labute approximate surface area is 87.6 Å². The maximum Gasteiger partial charge on any atom is 0.434 e. The third kappa shape index (κ3) is 2.82. The summed E-state index contributed by atoms with van der Waals surface area (Å²) >= 11 is 5.27. The first-order chi connectivity index (χ1) is 6.96. The Kier molecular flexibility index (Phi) is 3.52. The van der Waals surface area contributed by atoms with Crippen molar-refractivity contribution in [3.63, 3.8) is 0 Å².